The van der Waals surface area contributed by atoms with E-state index < -0.39 is 0 Å². The third kappa shape index (κ3) is 3.99. The fraction of sp³-hybridized carbons (Fsp3) is 0.0625. The molecule has 2 aromatic carbocycles. The van der Waals surface area contributed by atoms with Crippen LogP contribution < -0.4 is 5.32 Å². The molecule has 0 aliphatic carbocycles. The first-order chi connectivity index (χ1) is 10.1. The van der Waals surface area contributed by atoms with E-state index in [1.165, 1.54) is 0 Å². The highest BCUT2D eigenvalue weighted by atomic mass is 35.5. The van der Waals surface area contributed by atoms with Gasteiger partial charge in [0.25, 0.3) is 5.91 Å². The van der Waals surface area contributed by atoms with Crippen molar-refractivity contribution in [1.82, 2.24) is 0 Å². The molecule has 0 atom stereocenters. The summed E-state index contributed by atoms with van der Waals surface area (Å²) < 4.78 is 0. The number of benzene rings is 2. The fourth-order valence-electron chi connectivity index (χ4n) is 1.70. The number of aliphatic hydroxyl groups is 1. The Bertz CT molecular complexity index is 733. The lowest BCUT2D eigenvalue weighted by Crippen LogP contribution is -2.13. The predicted molar refractivity (Wildman–Crippen MR) is 84.8 cm³/mol. The molecule has 3 nitrogen and oxygen atoms in total. The molecule has 0 aliphatic heterocycles. The highest BCUT2D eigenvalue weighted by Crippen LogP contribution is 2.22. The average molecular weight is 320 g/mol. The second-order valence-corrected chi connectivity index (χ2v) is 4.93. The minimum absolute atomic E-state index is 0.263. The van der Waals surface area contributed by atoms with Crippen molar-refractivity contribution in [2.45, 2.75) is 0 Å². The number of aliphatic hydroxyl groups excluding tert-OH is 1. The van der Waals surface area contributed by atoms with E-state index >= 15 is 0 Å². The van der Waals surface area contributed by atoms with Crippen LogP contribution in [-0.4, -0.2) is 17.6 Å². The topological polar surface area (TPSA) is 49.3 Å². The molecule has 0 fully saturated rings. The molecule has 0 aromatic heterocycles. The Morgan fingerprint density at radius 3 is 2.67 bits per heavy atom. The summed E-state index contributed by atoms with van der Waals surface area (Å²) in [6, 6.07) is 11.7. The number of hydrogen-bond donors (Lipinski definition) is 2. The van der Waals surface area contributed by atoms with Gasteiger partial charge in [-0.2, -0.15) is 0 Å². The molecule has 5 heteroatoms. The molecule has 2 N–H and O–H groups in total. The van der Waals surface area contributed by atoms with E-state index in [1.54, 1.807) is 42.5 Å². The molecule has 106 valence electrons. The van der Waals surface area contributed by atoms with Gasteiger partial charge in [-0.1, -0.05) is 47.2 Å². The molecule has 0 spiro atoms. The molecular weight excluding hydrogens is 309 g/mol. The third-order valence-corrected chi connectivity index (χ3v) is 3.22. The maximum Gasteiger partial charge on any atom is 0.257 e. The van der Waals surface area contributed by atoms with Crippen LogP contribution in [0.1, 0.15) is 15.9 Å². The number of carbonyl (C=O) groups excluding carboxylic acids is 1. The van der Waals surface area contributed by atoms with Gasteiger partial charge in [0.15, 0.2) is 0 Å². The maximum atomic E-state index is 12.2. The second kappa shape index (κ2) is 7.14. The van der Waals surface area contributed by atoms with Crippen LogP contribution in [0.3, 0.4) is 0 Å². The first kappa shape index (κ1) is 15.4. The summed E-state index contributed by atoms with van der Waals surface area (Å²) in [6.07, 6.45) is 0. The van der Waals surface area contributed by atoms with Crippen LogP contribution >= 0.6 is 23.2 Å². The molecule has 0 saturated heterocycles. The number of halogens is 2. The van der Waals surface area contributed by atoms with Gasteiger partial charge in [0.2, 0.25) is 0 Å². The molecule has 1 amide bonds. The number of nitrogens with one attached hydrogen (secondary N) is 1. The number of amides is 1. The Morgan fingerprint density at radius 1 is 1.19 bits per heavy atom. The van der Waals surface area contributed by atoms with Gasteiger partial charge in [0.1, 0.15) is 6.61 Å². The first-order valence-corrected chi connectivity index (χ1v) is 6.82. The van der Waals surface area contributed by atoms with E-state index in [2.05, 4.69) is 17.2 Å². The summed E-state index contributed by atoms with van der Waals surface area (Å²) >= 11 is 11.9. The van der Waals surface area contributed by atoms with Gasteiger partial charge in [0.05, 0.1) is 16.3 Å². The van der Waals surface area contributed by atoms with Crippen molar-refractivity contribution in [2.24, 2.45) is 0 Å². The molecule has 2 aromatic rings. The lowest BCUT2D eigenvalue weighted by atomic mass is 10.1. The van der Waals surface area contributed by atoms with E-state index in [1.807, 2.05) is 0 Å². The molecule has 21 heavy (non-hydrogen) atoms. The maximum absolute atomic E-state index is 12.2. The van der Waals surface area contributed by atoms with Gasteiger partial charge < -0.3 is 10.4 Å². The zero-order valence-electron chi connectivity index (χ0n) is 10.9. The van der Waals surface area contributed by atoms with Crippen molar-refractivity contribution in [3.05, 3.63) is 63.6 Å². The lowest BCUT2D eigenvalue weighted by Gasteiger charge is -2.09. The van der Waals surface area contributed by atoms with Crippen molar-refractivity contribution in [1.29, 1.82) is 0 Å². The van der Waals surface area contributed by atoms with Crippen LogP contribution in [0.5, 0.6) is 0 Å². The minimum atomic E-state index is -0.352. The molecule has 2 rings (SSSR count). The number of hydrogen-bond acceptors (Lipinski definition) is 2. The van der Waals surface area contributed by atoms with Crippen molar-refractivity contribution in [3.8, 4) is 11.8 Å². The molecule has 0 heterocycles. The molecule has 0 saturated carbocycles. The zero-order valence-corrected chi connectivity index (χ0v) is 12.4. The summed E-state index contributed by atoms with van der Waals surface area (Å²) in [5.41, 5.74) is 1.39. The Balaban J connectivity index is 2.33. The van der Waals surface area contributed by atoms with Crippen molar-refractivity contribution < 1.29 is 9.90 Å². The molecule has 0 unspecified atom stereocenters. The summed E-state index contributed by atoms with van der Waals surface area (Å²) in [7, 11) is 0. The van der Waals surface area contributed by atoms with Crippen LogP contribution in [0.4, 0.5) is 5.69 Å². The van der Waals surface area contributed by atoms with Crippen LogP contribution in [-0.2, 0) is 0 Å². The summed E-state index contributed by atoms with van der Waals surface area (Å²) in [6.45, 7) is -0.263. The number of anilines is 1. The molecule has 0 bridgehead atoms. The van der Waals surface area contributed by atoms with E-state index in [4.69, 9.17) is 28.3 Å². The van der Waals surface area contributed by atoms with Gasteiger partial charge in [-0.3, -0.25) is 4.79 Å². The van der Waals surface area contributed by atoms with E-state index in [9.17, 15) is 4.79 Å². The van der Waals surface area contributed by atoms with E-state index in [-0.39, 0.29) is 12.5 Å². The van der Waals surface area contributed by atoms with Gasteiger partial charge >= 0.3 is 0 Å². The Labute approximate surface area is 132 Å². The van der Waals surface area contributed by atoms with E-state index in [0.29, 0.717) is 26.9 Å². The zero-order chi connectivity index (χ0) is 15.2. The highest BCUT2D eigenvalue weighted by Gasteiger charge is 2.11. The lowest BCUT2D eigenvalue weighted by molar-refractivity contribution is 0.102. The Morgan fingerprint density at radius 2 is 1.95 bits per heavy atom. The van der Waals surface area contributed by atoms with Crippen LogP contribution in [0.25, 0.3) is 0 Å². The van der Waals surface area contributed by atoms with Crippen LogP contribution in [0.2, 0.25) is 10.0 Å². The standard InChI is InChI=1S/C16H11Cl2NO2/c17-12-8-7-11(4-3-9-20)15(10-12)19-16(21)13-5-1-2-6-14(13)18/h1-2,5-8,10,20H,9H2,(H,19,21). The molecule has 0 aliphatic rings. The van der Waals surface area contributed by atoms with Crippen molar-refractivity contribution >= 4 is 34.8 Å². The number of carbonyl (C=O) groups is 1. The van der Waals surface area contributed by atoms with Crippen molar-refractivity contribution in [2.75, 3.05) is 11.9 Å². The Kier molecular flexibility index (Phi) is 5.24. The predicted octanol–water partition coefficient (Wildman–Crippen LogP) is 3.59. The summed E-state index contributed by atoms with van der Waals surface area (Å²) in [4.78, 5) is 12.2. The van der Waals surface area contributed by atoms with Crippen LogP contribution in [0.15, 0.2) is 42.5 Å². The highest BCUT2D eigenvalue weighted by molar-refractivity contribution is 6.34. The largest absolute Gasteiger partial charge is 0.384 e. The number of rotatable bonds is 2. The first-order valence-electron chi connectivity index (χ1n) is 6.07. The average Bonchev–Trinajstić information content (AvgIpc) is 2.47. The van der Waals surface area contributed by atoms with Gasteiger partial charge in [-0.25, -0.2) is 0 Å². The normalized spacial score (nSPS) is 9.67. The van der Waals surface area contributed by atoms with Crippen molar-refractivity contribution in [3.63, 3.8) is 0 Å². The summed E-state index contributed by atoms with van der Waals surface area (Å²) in [5.74, 6) is 4.94. The SMILES string of the molecule is O=C(Nc1cc(Cl)ccc1C#CCO)c1ccccc1Cl. The fourth-order valence-corrected chi connectivity index (χ4v) is 2.09. The second-order valence-electron chi connectivity index (χ2n) is 4.08. The summed E-state index contributed by atoms with van der Waals surface area (Å²) in [5, 5.41) is 12.3. The van der Waals surface area contributed by atoms with Gasteiger partial charge in [-0.05, 0) is 30.3 Å². The molecular formula is C16H11Cl2NO2. The monoisotopic (exact) mass is 319 g/mol. The minimum Gasteiger partial charge on any atom is -0.384 e. The molecule has 0 radical (unpaired) electrons. The van der Waals surface area contributed by atoms with Gasteiger partial charge in [-0.15, -0.1) is 0 Å². The quantitative estimate of drug-likeness (QED) is 0.831. The third-order valence-electron chi connectivity index (χ3n) is 2.65. The van der Waals surface area contributed by atoms with Gasteiger partial charge in [0, 0.05) is 10.6 Å². The van der Waals surface area contributed by atoms with Crippen LogP contribution in [0, 0.1) is 11.8 Å². The smallest absolute Gasteiger partial charge is 0.257 e. The van der Waals surface area contributed by atoms with E-state index in [0.717, 1.165) is 0 Å². The Hall–Kier alpha value is -1.99.